The van der Waals surface area contributed by atoms with Gasteiger partial charge in [-0.2, -0.15) is 26.3 Å². The van der Waals surface area contributed by atoms with Crippen LogP contribution >= 0.6 is 0 Å². The fraction of sp³-hybridized carbons (Fsp3) is 0.360. The number of pyridine rings is 1. The van der Waals surface area contributed by atoms with E-state index in [1.54, 1.807) is 22.8 Å². The molecule has 1 fully saturated rings. The summed E-state index contributed by atoms with van der Waals surface area (Å²) in [4.78, 5) is 8.20. The Morgan fingerprint density at radius 2 is 1.54 bits per heavy atom. The van der Waals surface area contributed by atoms with E-state index >= 15 is 0 Å². The third-order valence-electron chi connectivity index (χ3n) is 6.54. The van der Waals surface area contributed by atoms with Gasteiger partial charge in [-0.15, -0.1) is 0 Å². The van der Waals surface area contributed by atoms with Gasteiger partial charge >= 0.3 is 12.4 Å². The number of alkyl halides is 6. The van der Waals surface area contributed by atoms with Gasteiger partial charge in [-0.25, -0.2) is 9.97 Å². The minimum absolute atomic E-state index is 0.189. The molecule has 2 aromatic heterocycles. The maximum atomic E-state index is 14.0. The molecule has 1 N–H and O–H groups in total. The average molecular weight is 492 g/mol. The lowest BCUT2D eigenvalue weighted by Gasteiger charge is -2.23. The normalized spacial score (nSPS) is 15.8. The van der Waals surface area contributed by atoms with Crippen LogP contribution in [0, 0.1) is 5.92 Å². The van der Waals surface area contributed by atoms with E-state index in [-0.39, 0.29) is 16.9 Å². The van der Waals surface area contributed by atoms with Gasteiger partial charge in [0.2, 0.25) is 0 Å². The van der Waals surface area contributed by atoms with Crippen LogP contribution in [-0.4, -0.2) is 27.6 Å². The summed E-state index contributed by atoms with van der Waals surface area (Å²) in [5.41, 5.74) is -1.42. The Labute approximate surface area is 197 Å². The first-order valence-electron chi connectivity index (χ1n) is 11.4. The maximum absolute atomic E-state index is 14.0. The highest BCUT2D eigenvalue weighted by atomic mass is 19.4. The largest absolute Gasteiger partial charge is 0.435 e. The van der Waals surface area contributed by atoms with Gasteiger partial charge in [0.1, 0.15) is 11.3 Å². The van der Waals surface area contributed by atoms with Crippen LogP contribution < -0.4 is 5.32 Å². The standard InChI is InChI=1S/C25H22F6N4/c26-24(27,28)17-7-5-16(6-8-17)23-34-20-21(35(23)14-11-15-9-12-32-13-10-15)18-3-1-2-4-19(18)33-22(20)25(29,30)31/h1-8,15,32H,9-14H2. The Hall–Kier alpha value is -3.14. The van der Waals surface area contributed by atoms with E-state index in [1.165, 1.54) is 18.2 Å². The summed E-state index contributed by atoms with van der Waals surface area (Å²) in [7, 11) is 0. The lowest BCUT2D eigenvalue weighted by molar-refractivity contribution is -0.140. The van der Waals surface area contributed by atoms with Crippen molar-refractivity contribution in [3.8, 4) is 11.4 Å². The summed E-state index contributed by atoms with van der Waals surface area (Å²) in [6, 6.07) is 10.9. The van der Waals surface area contributed by atoms with E-state index in [2.05, 4.69) is 15.3 Å². The van der Waals surface area contributed by atoms with Gasteiger partial charge in [0, 0.05) is 17.5 Å². The molecule has 1 aliphatic heterocycles. The van der Waals surface area contributed by atoms with Crippen molar-refractivity contribution in [2.45, 2.75) is 38.2 Å². The third kappa shape index (κ3) is 4.59. The zero-order chi connectivity index (χ0) is 24.8. The van der Waals surface area contributed by atoms with Gasteiger partial charge in [-0.05, 0) is 56.5 Å². The number of rotatable bonds is 4. The van der Waals surface area contributed by atoms with E-state index in [1.807, 2.05) is 0 Å². The number of fused-ring (bicyclic) bond motifs is 3. The van der Waals surface area contributed by atoms with Crippen LogP contribution in [0.2, 0.25) is 0 Å². The first kappa shape index (κ1) is 23.6. The minimum Gasteiger partial charge on any atom is -0.323 e. The number of nitrogens with zero attached hydrogens (tertiary/aromatic N) is 3. The Morgan fingerprint density at radius 1 is 0.857 bits per heavy atom. The van der Waals surface area contributed by atoms with Gasteiger partial charge in [0.05, 0.1) is 16.6 Å². The molecule has 184 valence electrons. The molecule has 3 heterocycles. The van der Waals surface area contributed by atoms with Crippen molar-refractivity contribution in [3.63, 3.8) is 0 Å². The fourth-order valence-corrected chi connectivity index (χ4v) is 4.76. The Bertz CT molecular complexity index is 1350. The summed E-state index contributed by atoms with van der Waals surface area (Å²) in [6.07, 6.45) is -6.62. The number of hydrogen-bond donors (Lipinski definition) is 1. The van der Waals surface area contributed by atoms with Crippen molar-refractivity contribution in [2.75, 3.05) is 13.1 Å². The third-order valence-corrected chi connectivity index (χ3v) is 6.54. The summed E-state index contributed by atoms with van der Waals surface area (Å²) in [6.45, 7) is 2.15. The molecule has 1 aliphatic rings. The van der Waals surface area contributed by atoms with Gasteiger partial charge in [-0.3, -0.25) is 0 Å². The highest BCUT2D eigenvalue weighted by Crippen LogP contribution is 2.39. The predicted molar refractivity (Wildman–Crippen MR) is 121 cm³/mol. The quantitative estimate of drug-likeness (QED) is 0.323. The van der Waals surface area contributed by atoms with E-state index in [9.17, 15) is 26.3 Å². The highest BCUT2D eigenvalue weighted by Gasteiger charge is 2.38. The molecule has 0 spiro atoms. The second-order valence-corrected chi connectivity index (χ2v) is 8.82. The molecular formula is C25H22F6N4. The van der Waals surface area contributed by atoms with Crippen molar-refractivity contribution < 1.29 is 26.3 Å². The molecule has 4 nitrogen and oxygen atoms in total. The molecule has 0 radical (unpaired) electrons. The van der Waals surface area contributed by atoms with E-state index in [0.29, 0.717) is 28.9 Å². The fourth-order valence-electron chi connectivity index (χ4n) is 4.76. The maximum Gasteiger partial charge on any atom is 0.435 e. The second kappa shape index (κ2) is 8.82. The van der Waals surface area contributed by atoms with Crippen molar-refractivity contribution in [1.82, 2.24) is 19.9 Å². The number of hydrogen-bond acceptors (Lipinski definition) is 3. The summed E-state index contributed by atoms with van der Waals surface area (Å²) in [5, 5.41) is 3.82. The van der Waals surface area contributed by atoms with Crippen LogP contribution in [0.25, 0.3) is 33.3 Å². The average Bonchev–Trinajstić information content (AvgIpc) is 3.21. The smallest absolute Gasteiger partial charge is 0.323 e. The summed E-state index contributed by atoms with van der Waals surface area (Å²) < 4.78 is 83.0. The summed E-state index contributed by atoms with van der Waals surface area (Å²) in [5.74, 6) is 0.593. The molecule has 35 heavy (non-hydrogen) atoms. The number of nitrogens with one attached hydrogen (secondary N) is 1. The van der Waals surface area contributed by atoms with Crippen LogP contribution in [-0.2, 0) is 18.9 Å². The molecule has 0 saturated carbocycles. The number of halogens is 6. The van der Waals surface area contributed by atoms with Crippen LogP contribution in [0.1, 0.15) is 30.5 Å². The Morgan fingerprint density at radius 3 is 2.20 bits per heavy atom. The van der Waals surface area contributed by atoms with Crippen molar-refractivity contribution in [3.05, 3.63) is 59.8 Å². The number of imidazole rings is 1. The topological polar surface area (TPSA) is 42.7 Å². The molecule has 0 atom stereocenters. The molecule has 1 saturated heterocycles. The second-order valence-electron chi connectivity index (χ2n) is 8.82. The van der Waals surface area contributed by atoms with Gasteiger partial charge < -0.3 is 9.88 Å². The Balaban J connectivity index is 1.72. The van der Waals surface area contributed by atoms with Crippen LogP contribution in [0.15, 0.2) is 48.5 Å². The monoisotopic (exact) mass is 492 g/mol. The first-order chi connectivity index (χ1) is 16.6. The lowest BCUT2D eigenvalue weighted by Crippen LogP contribution is -2.28. The van der Waals surface area contributed by atoms with E-state index in [0.717, 1.165) is 44.5 Å². The molecule has 0 amide bonds. The van der Waals surface area contributed by atoms with Gasteiger partial charge in [0.25, 0.3) is 0 Å². The number of aromatic nitrogens is 3. The Kier molecular flexibility index (Phi) is 5.94. The van der Waals surface area contributed by atoms with Crippen LogP contribution in [0.3, 0.4) is 0 Å². The number of benzene rings is 2. The molecule has 0 unspecified atom stereocenters. The van der Waals surface area contributed by atoms with Crippen LogP contribution in [0.4, 0.5) is 26.3 Å². The molecular weight excluding hydrogens is 470 g/mol. The number of piperidine rings is 1. The number of aryl methyl sites for hydroxylation is 1. The predicted octanol–water partition coefficient (Wildman–Crippen LogP) is 6.68. The SMILES string of the molecule is FC(F)(F)c1ccc(-c2nc3c(C(F)(F)F)nc4ccccc4c3n2CCC2CCNCC2)cc1. The molecule has 5 rings (SSSR count). The molecule has 4 aromatic rings. The molecule has 10 heteroatoms. The molecule has 0 aliphatic carbocycles. The van der Waals surface area contributed by atoms with E-state index < -0.39 is 23.6 Å². The zero-order valence-corrected chi connectivity index (χ0v) is 18.5. The van der Waals surface area contributed by atoms with E-state index in [4.69, 9.17) is 0 Å². The lowest BCUT2D eigenvalue weighted by atomic mass is 9.94. The van der Waals surface area contributed by atoms with Gasteiger partial charge in [0.15, 0.2) is 5.69 Å². The zero-order valence-electron chi connectivity index (χ0n) is 18.5. The first-order valence-corrected chi connectivity index (χ1v) is 11.4. The summed E-state index contributed by atoms with van der Waals surface area (Å²) >= 11 is 0. The van der Waals surface area contributed by atoms with Gasteiger partial charge in [-0.1, -0.05) is 30.3 Å². The van der Waals surface area contributed by atoms with Crippen molar-refractivity contribution in [2.24, 2.45) is 5.92 Å². The molecule has 2 aromatic carbocycles. The van der Waals surface area contributed by atoms with Crippen LogP contribution in [0.5, 0.6) is 0 Å². The van der Waals surface area contributed by atoms with Crippen molar-refractivity contribution >= 4 is 21.9 Å². The number of para-hydroxylation sites is 1. The highest BCUT2D eigenvalue weighted by molar-refractivity contribution is 6.04. The minimum atomic E-state index is -4.74. The molecule has 0 bridgehead atoms. The van der Waals surface area contributed by atoms with Crippen molar-refractivity contribution in [1.29, 1.82) is 0 Å².